The highest BCUT2D eigenvalue weighted by Gasteiger charge is 2.54. The molecular formula is C17H28O3. The molecule has 4 saturated carbocycles. The Balaban J connectivity index is 1.37. The van der Waals surface area contributed by atoms with Crippen molar-refractivity contribution < 1.29 is 14.3 Å². The summed E-state index contributed by atoms with van der Waals surface area (Å²) in [4.78, 5) is 11.7. The summed E-state index contributed by atoms with van der Waals surface area (Å²) in [6.45, 7) is 6.59. The Morgan fingerprint density at radius 1 is 1.10 bits per heavy atom. The predicted octanol–water partition coefficient (Wildman–Crippen LogP) is 3.76. The average molecular weight is 280 g/mol. The number of ether oxygens (including phenoxy) is 2. The molecule has 4 bridgehead atoms. The van der Waals surface area contributed by atoms with Crippen LogP contribution in [-0.4, -0.2) is 18.9 Å². The highest BCUT2D eigenvalue weighted by atomic mass is 16.7. The van der Waals surface area contributed by atoms with Gasteiger partial charge < -0.3 is 9.47 Å². The Morgan fingerprint density at radius 3 is 2.55 bits per heavy atom. The molecule has 0 aromatic heterocycles. The molecule has 0 N–H and O–H groups in total. The van der Waals surface area contributed by atoms with Crippen LogP contribution in [0.25, 0.3) is 0 Å². The van der Waals surface area contributed by atoms with Crippen LogP contribution in [0.5, 0.6) is 0 Å². The number of hydrogen-bond acceptors (Lipinski definition) is 3. The summed E-state index contributed by atoms with van der Waals surface area (Å²) in [5.41, 5.74) is 0.184. The van der Waals surface area contributed by atoms with Gasteiger partial charge in [0, 0.05) is 6.42 Å². The van der Waals surface area contributed by atoms with Crippen LogP contribution in [0.3, 0.4) is 0 Å². The molecule has 0 radical (unpaired) electrons. The third kappa shape index (κ3) is 3.03. The van der Waals surface area contributed by atoms with E-state index in [4.69, 9.17) is 9.47 Å². The van der Waals surface area contributed by atoms with E-state index in [1.54, 1.807) is 0 Å². The molecule has 0 spiro atoms. The topological polar surface area (TPSA) is 35.5 Å². The van der Waals surface area contributed by atoms with Crippen molar-refractivity contribution in [3.63, 3.8) is 0 Å². The standard InChI is InChI=1S/C17H28O3/c1-17(2,3)5-4-15(18)19-10-20-16-13-7-11-6-12(9-13)14(16)8-11/h11-14,16H,4-10H2,1-3H3. The first kappa shape index (κ1) is 14.4. The molecule has 0 aromatic rings. The average Bonchev–Trinajstić information content (AvgIpc) is 2.76. The Labute approximate surface area is 122 Å². The molecule has 4 aliphatic carbocycles. The second-order valence-electron chi connectivity index (χ2n) is 8.32. The largest absolute Gasteiger partial charge is 0.438 e. The summed E-state index contributed by atoms with van der Waals surface area (Å²) >= 11 is 0. The summed E-state index contributed by atoms with van der Waals surface area (Å²) in [6.07, 6.45) is 7.20. The van der Waals surface area contributed by atoms with Gasteiger partial charge >= 0.3 is 5.97 Å². The normalized spacial score (nSPS) is 38.5. The summed E-state index contributed by atoms with van der Waals surface area (Å²) in [5, 5.41) is 0. The summed E-state index contributed by atoms with van der Waals surface area (Å²) in [7, 11) is 0. The number of hydrogen-bond donors (Lipinski definition) is 0. The number of carbonyl (C=O) groups excluding carboxylic acids is 1. The minimum absolute atomic E-state index is 0.118. The second-order valence-corrected chi connectivity index (χ2v) is 8.32. The van der Waals surface area contributed by atoms with Crippen LogP contribution in [0.15, 0.2) is 0 Å². The Morgan fingerprint density at radius 2 is 1.85 bits per heavy atom. The van der Waals surface area contributed by atoms with Crippen LogP contribution in [0.4, 0.5) is 0 Å². The van der Waals surface area contributed by atoms with Crippen molar-refractivity contribution in [2.75, 3.05) is 6.79 Å². The van der Waals surface area contributed by atoms with Crippen molar-refractivity contribution in [3.05, 3.63) is 0 Å². The minimum Gasteiger partial charge on any atom is -0.438 e. The van der Waals surface area contributed by atoms with Crippen molar-refractivity contribution in [1.82, 2.24) is 0 Å². The molecule has 0 aliphatic heterocycles. The molecule has 114 valence electrons. The lowest BCUT2D eigenvalue weighted by molar-refractivity contribution is -0.167. The molecule has 3 nitrogen and oxygen atoms in total. The molecule has 3 heteroatoms. The van der Waals surface area contributed by atoms with Crippen LogP contribution >= 0.6 is 0 Å². The van der Waals surface area contributed by atoms with Gasteiger partial charge in [-0.2, -0.15) is 0 Å². The van der Waals surface area contributed by atoms with Crippen molar-refractivity contribution in [2.24, 2.45) is 29.1 Å². The molecule has 0 heterocycles. The predicted molar refractivity (Wildman–Crippen MR) is 76.9 cm³/mol. The summed E-state index contributed by atoms with van der Waals surface area (Å²) in [5.74, 6) is 3.25. The molecule has 5 unspecified atom stereocenters. The van der Waals surface area contributed by atoms with Gasteiger partial charge in [-0.15, -0.1) is 0 Å². The van der Waals surface area contributed by atoms with Crippen LogP contribution in [0.1, 0.15) is 59.3 Å². The number of carbonyl (C=O) groups is 1. The lowest BCUT2D eigenvalue weighted by atomic mass is 9.80. The lowest BCUT2D eigenvalue weighted by Crippen LogP contribution is -2.31. The molecule has 4 fully saturated rings. The maximum atomic E-state index is 11.7. The maximum absolute atomic E-state index is 11.7. The first-order valence-electron chi connectivity index (χ1n) is 8.19. The molecule has 4 aliphatic rings. The first-order chi connectivity index (χ1) is 9.42. The number of esters is 1. The van der Waals surface area contributed by atoms with E-state index in [2.05, 4.69) is 20.8 Å². The van der Waals surface area contributed by atoms with Gasteiger partial charge in [-0.25, -0.2) is 0 Å². The van der Waals surface area contributed by atoms with Gasteiger partial charge in [0.25, 0.3) is 0 Å². The van der Waals surface area contributed by atoms with Gasteiger partial charge in [0.2, 0.25) is 0 Å². The van der Waals surface area contributed by atoms with Gasteiger partial charge in [0.1, 0.15) is 0 Å². The minimum atomic E-state index is -0.118. The third-order valence-corrected chi connectivity index (χ3v) is 5.53. The van der Waals surface area contributed by atoms with Crippen molar-refractivity contribution in [2.45, 2.75) is 65.4 Å². The van der Waals surface area contributed by atoms with Crippen LogP contribution in [0, 0.1) is 29.1 Å². The molecule has 20 heavy (non-hydrogen) atoms. The van der Waals surface area contributed by atoms with Crippen molar-refractivity contribution in [3.8, 4) is 0 Å². The molecule has 0 saturated heterocycles. The fourth-order valence-corrected chi connectivity index (χ4v) is 4.66. The molecular weight excluding hydrogens is 252 g/mol. The van der Waals surface area contributed by atoms with Gasteiger partial charge in [0.05, 0.1) is 6.10 Å². The molecule has 5 atom stereocenters. The lowest BCUT2D eigenvalue weighted by Gasteiger charge is -2.31. The second kappa shape index (κ2) is 5.32. The molecule has 0 amide bonds. The quantitative estimate of drug-likeness (QED) is 0.568. The summed E-state index contributed by atoms with van der Waals surface area (Å²) < 4.78 is 11.2. The third-order valence-electron chi connectivity index (χ3n) is 5.53. The van der Waals surface area contributed by atoms with Crippen molar-refractivity contribution in [1.29, 1.82) is 0 Å². The zero-order chi connectivity index (χ0) is 14.3. The zero-order valence-corrected chi connectivity index (χ0v) is 13.1. The number of rotatable bonds is 5. The van der Waals surface area contributed by atoms with E-state index in [1.165, 1.54) is 25.7 Å². The van der Waals surface area contributed by atoms with E-state index in [-0.39, 0.29) is 18.2 Å². The fraction of sp³-hybridized carbons (Fsp3) is 0.941. The van der Waals surface area contributed by atoms with E-state index >= 15 is 0 Å². The zero-order valence-electron chi connectivity index (χ0n) is 13.1. The van der Waals surface area contributed by atoms with E-state index in [1.807, 2.05) is 0 Å². The maximum Gasteiger partial charge on any atom is 0.307 e. The van der Waals surface area contributed by atoms with Gasteiger partial charge in [-0.3, -0.25) is 4.79 Å². The van der Waals surface area contributed by atoms with E-state index in [9.17, 15) is 4.79 Å². The van der Waals surface area contributed by atoms with Crippen molar-refractivity contribution >= 4 is 5.97 Å². The van der Waals surface area contributed by atoms with Gasteiger partial charge in [-0.05, 0) is 61.2 Å². The highest BCUT2D eigenvalue weighted by Crippen LogP contribution is 2.58. The van der Waals surface area contributed by atoms with E-state index < -0.39 is 0 Å². The Hall–Kier alpha value is -0.570. The highest BCUT2D eigenvalue weighted by molar-refractivity contribution is 5.69. The summed E-state index contributed by atoms with van der Waals surface area (Å²) in [6, 6.07) is 0. The molecule has 4 rings (SSSR count). The Bertz CT molecular complexity index is 367. The van der Waals surface area contributed by atoms with E-state index in [0.717, 1.165) is 30.1 Å². The van der Waals surface area contributed by atoms with E-state index in [0.29, 0.717) is 12.5 Å². The monoisotopic (exact) mass is 280 g/mol. The smallest absolute Gasteiger partial charge is 0.307 e. The fourth-order valence-electron chi connectivity index (χ4n) is 4.66. The SMILES string of the molecule is CC(C)(C)CCC(=O)OCOC1C2CC3CC(C2)C1C3. The van der Waals surface area contributed by atoms with Crippen LogP contribution in [0.2, 0.25) is 0 Å². The van der Waals surface area contributed by atoms with Crippen LogP contribution < -0.4 is 0 Å². The molecule has 0 aromatic carbocycles. The first-order valence-corrected chi connectivity index (χ1v) is 8.19. The van der Waals surface area contributed by atoms with Gasteiger partial charge in [-0.1, -0.05) is 20.8 Å². The van der Waals surface area contributed by atoms with Gasteiger partial charge in [0.15, 0.2) is 6.79 Å². The van der Waals surface area contributed by atoms with Crippen LogP contribution in [-0.2, 0) is 14.3 Å². The Kier molecular flexibility index (Phi) is 3.83.